The number of benzene rings is 1. The summed E-state index contributed by atoms with van der Waals surface area (Å²) in [5.41, 5.74) is 1.64. The molecule has 9 heteroatoms. The molecule has 1 heterocycles. The van der Waals surface area contributed by atoms with Gasteiger partial charge in [-0.25, -0.2) is 0 Å². The van der Waals surface area contributed by atoms with Crippen LogP contribution in [0.15, 0.2) is 23.5 Å². The van der Waals surface area contributed by atoms with E-state index >= 15 is 0 Å². The molecular weight excluding hydrogens is 435 g/mol. The topological polar surface area (TPSA) is 51.9 Å². The summed E-state index contributed by atoms with van der Waals surface area (Å²) in [5.74, 6) is 0.478. The number of oxime groups is 1. The van der Waals surface area contributed by atoms with Gasteiger partial charge in [-0.3, -0.25) is 9.58 Å². The van der Waals surface area contributed by atoms with Gasteiger partial charge in [0.25, 0.3) is 0 Å². The van der Waals surface area contributed by atoms with Gasteiger partial charge < -0.3 is 9.57 Å². The molecule has 6 nitrogen and oxygen atoms in total. The van der Waals surface area contributed by atoms with Crippen molar-refractivity contribution in [3.63, 3.8) is 0 Å². The Balaban J connectivity index is 2.33. The molecule has 29 heavy (non-hydrogen) atoms. The lowest BCUT2D eigenvalue weighted by Gasteiger charge is -2.20. The lowest BCUT2D eigenvalue weighted by Crippen LogP contribution is -2.29. The Hall–Kier alpha value is -1.47. The van der Waals surface area contributed by atoms with Crippen molar-refractivity contribution in [2.24, 2.45) is 12.2 Å². The maximum atomic E-state index is 6.51. The van der Waals surface area contributed by atoms with E-state index in [1.54, 1.807) is 30.1 Å². The summed E-state index contributed by atoms with van der Waals surface area (Å²) in [6.07, 6.45) is 3.74. The normalized spacial score (nSPS) is 11.9. The van der Waals surface area contributed by atoms with Crippen LogP contribution >= 0.6 is 34.8 Å². The van der Waals surface area contributed by atoms with Crippen molar-refractivity contribution >= 4 is 40.5 Å². The highest BCUT2D eigenvalue weighted by atomic mass is 35.5. The molecule has 0 aliphatic rings. The summed E-state index contributed by atoms with van der Waals surface area (Å²) < 4.78 is 6.86. The van der Waals surface area contributed by atoms with Crippen molar-refractivity contribution in [1.82, 2.24) is 14.7 Å². The fraction of sp³-hybridized carbons (Fsp3) is 0.500. The SMILES string of the molecule is CCCN(CCC)CCO/N=C(\c1ccc(OC)c(Cl)c1Cl)c1c(Cl)cnn1C. The average molecular weight is 462 g/mol. The third kappa shape index (κ3) is 6.01. The second-order valence-corrected chi connectivity index (χ2v) is 7.69. The molecule has 0 radical (unpaired) electrons. The highest BCUT2D eigenvalue weighted by Gasteiger charge is 2.22. The van der Waals surface area contributed by atoms with Crippen LogP contribution in [0.4, 0.5) is 0 Å². The minimum absolute atomic E-state index is 0.301. The molecule has 0 aliphatic heterocycles. The number of halogens is 3. The van der Waals surface area contributed by atoms with Crippen LogP contribution in [-0.4, -0.2) is 53.7 Å². The number of ether oxygens (including phenoxy) is 1. The van der Waals surface area contributed by atoms with Crippen LogP contribution in [-0.2, 0) is 11.9 Å². The molecule has 0 bridgehead atoms. The Morgan fingerprint density at radius 2 is 1.79 bits per heavy atom. The van der Waals surface area contributed by atoms with Gasteiger partial charge in [0, 0.05) is 19.2 Å². The van der Waals surface area contributed by atoms with Crippen molar-refractivity contribution in [2.75, 3.05) is 33.4 Å². The molecule has 2 aromatic rings. The second-order valence-electron chi connectivity index (χ2n) is 6.52. The third-order valence-corrected chi connectivity index (χ3v) is 5.52. The average Bonchev–Trinajstić information content (AvgIpc) is 3.03. The summed E-state index contributed by atoms with van der Waals surface area (Å²) in [5, 5.41) is 9.61. The first-order valence-electron chi connectivity index (χ1n) is 9.57. The first kappa shape index (κ1) is 23.8. The molecule has 0 fully saturated rings. The molecule has 0 atom stereocenters. The number of aromatic nitrogens is 2. The number of nitrogens with zero attached hydrogens (tertiary/aromatic N) is 4. The van der Waals surface area contributed by atoms with Gasteiger partial charge >= 0.3 is 0 Å². The first-order valence-corrected chi connectivity index (χ1v) is 10.7. The van der Waals surface area contributed by atoms with Gasteiger partial charge in [0.05, 0.1) is 23.4 Å². The Morgan fingerprint density at radius 3 is 2.34 bits per heavy atom. The number of rotatable bonds is 11. The summed E-state index contributed by atoms with van der Waals surface area (Å²) >= 11 is 19.2. The maximum absolute atomic E-state index is 6.51. The van der Waals surface area contributed by atoms with E-state index in [9.17, 15) is 0 Å². The third-order valence-electron chi connectivity index (χ3n) is 4.37. The summed E-state index contributed by atoms with van der Waals surface area (Å²) in [4.78, 5) is 8.02. The van der Waals surface area contributed by atoms with Gasteiger partial charge in [-0.05, 0) is 38.1 Å². The van der Waals surface area contributed by atoms with Crippen LogP contribution in [0.5, 0.6) is 5.75 Å². The van der Waals surface area contributed by atoms with Gasteiger partial charge in [-0.15, -0.1) is 0 Å². The van der Waals surface area contributed by atoms with E-state index in [4.69, 9.17) is 44.4 Å². The van der Waals surface area contributed by atoms with Crippen molar-refractivity contribution < 1.29 is 9.57 Å². The van der Waals surface area contributed by atoms with Gasteiger partial charge in [0.1, 0.15) is 28.8 Å². The number of aryl methyl sites for hydroxylation is 1. The van der Waals surface area contributed by atoms with E-state index in [0.29, 0.717) is 44.4 Å². The van der Waals surface area contributed by atoms with E-state index in [1.807, 2.05) is 0 Å². The van der Waals surface area contributed by atoms with Crippen molar-refractivity contribution in [2.45, 2.75) is 26.7 Å². The molecule has 0 amide bonds. The molecule has 0 unspecified atom stereocenters. The Kier molecular flexibility index (Phi) is 9.56. The van der Waals surface area contributed by atoms with Crippen LogP contribution in [0, 0.1) is 0 Å². The van der Waals surface area contributed by atoms with Crippen LogP contribution in [0.1, 0.15) is 37.9 Å². The lowest BCUT2D eigenvalue weighted by atomic mass is 10.1. The predicted octanol–water partition coefficient (Wildman–Crippen LogP) is 5.28. The number of hydrogen-bond donors (Lipinski definition) is 0. The summed E-state index contributed by atoms with van der Waals surface area (Å²) in [7, 11) is 3.31. The van der Waals surface area contributed by atoms with E-state index < -0.39 is 0 Å². The smallest absolute Gasteiger partial charge is 0.139 e. The molecule has 0 spiro atoms. The van der Waals surface area contributed by atoms with E-state index in [2.05, 4.69) is 29.0 Å². The standard InChI is InChI=1S/C20H27Cl3N4O2/c1-5-9-27(10-6-2)11-12-29-25-19(20-15(21)13-24-26(20)3)14-7-8-16(28-4)18(23)17(14)22/h7-8,13H,5-6,9-12H2,1-4H3/b25-19+. The van der Waals surface area contributed by atoms with Crippen LogP contribution in [0.3, 0.4) is 0 Å². The van der Waals surface area contributed by atoms with Crippen LogP contribution in [0.25, 0.3) is 0 Å². The minimum Gasteiger partial charge on any atom is -0.495 e. The Morgan fingerprint density at radius 1 is 1.10 bits per heavy atom. The van der Waals surface area contributed by atoms with Gasteiger partial charge in [-0.2, -0.15) is 5.10 Å². The molecule has 160 valence electrons. The number of hydrogen-bond acceptors (Lipinski definition) is 5. The molecular formula is C20H27Cl3N4O2. The summed E-state index contributed by atoms with van der Waals surface area (Å²) in [6, 6.07) is 3.51. The zero-order valence-electron chi connectivity index (χ0n) is 17.2. The molecule has 0 saturated heterocycles. The quantitative estimate of drug-likeness (QED) is 0.259. The molecule has 0 saturated carbocycles. The van der Waals surface area contributed by atoms with Crippen molar-refractivity contribution in [1.29, 1.82) is 0 Å². The molecule has 0 aliphatic carbocycles. The molecule has 1 aromatic carbocycles. The van der Waals surface area contributed by atoms with Crippen LogP contribution in [0.2, 0.25) is 15.1 Å². The first-order chi connectivity index (χ1) is 13.9. The molecule has 2 rings (SSSR count). The molecule has 1 aromatic heterocycles. The minimum atomic E-state index is 0.301. The zero-order chi connectivity index (χ0) is 21.4. The molecule has 0 N–H and O–H groups in total. The van der Waals surface area contributed by atoms with E-state index in [0.717, 1.165) is 32.5 Å². The largest absolute Gasteiger partial charge is 0.495 e. The van der Waals surface area contributed by atoms with Crippen LogP contribution < -0.4 is 4.74 Å². The van der Waals surface area contributed by atoms with E-state index in [-0.39, 0.29) is 0 Å². The Bertz CT molecular complexity index is 814. The highest BCUT2D eigenvalue weighted by Crippen LogP contribution is 2.36. The van der Waals surface area contributed by atoms with Crippen molar-refractivity contribution in [3.8, 4) is 5.75 Å². The second kappa shape index (κ2) is 11.6. The number of methoxy groups -OCH3 is 1. The van der Waals surface area contributed by atoms with Gasteiger partial charge in [0.15, 0.2) is 0 Å². The summed E-state index contributed by atoms with van der Waals surface area (Å²) in [6.45, 7) is 7.62. The van der Waals surface area contributed by atoms with Gasteiger partial charge in [-0.1, -0.05) is 53.8 Å². The highest BCUT2D eigenvalue weighted by molar-refractivity contribution is 6.46. The predicted molar refractivity (Wildman–Crippen MR) is 120 cm³/mol. The van der Waals surface area contributed by atoms with E-state index in [1.165, 1.54) is 7.11 Å². The zero-order valence-corrected chi connectivity index (χ0v) is 19.5. The monoisotopic (exact) mass is 460 g/mol. The van der Waals surface area contributed by atoms with Crippen molar-refractivity contribution in [3.05, 3.63) is 44.7 Å². The fourth-order valence-corrected chi connectivity index (χ4v) is 3.76. The maximum Gasteiger partial charge on any atom is 0.139 e. The Labute approximate surface area is 187 Å². The lowest BCUT2D eigenvalue weighted by molar-refractivity contribution is 0.110. The van der Waals surface area contributed by atoms with Gasteiger partial charge in [0.2, 0.25) is 0 Å². The fourth-order valence-electron chi connectivity index (χ4n) is 3.02.